The van der Waals surface area contributed by atoms with Gasteiger partial charge in [0, 0.05) is 25.8 Å². The highest BCUT2D eigenvalue weighted by atomic mass is 127. The first-order chi connectivity index (χ1) is 8.29. The zero-order valence-corrected chi connectivity index (χ0v) is 11.9. The third kappa shape index (κ3) is 1.99. The molecule has 4 nitrogen and oxygen atoms in total. The Morgan fingerprint density at radius 1 is 1.65 bits per heavy atom. The van der Waals surface area contributed by atoms with Crippen LogP contribution in [0.4, 0.5) is 5.82 Å². The fourth-order valence-electron chi connectivity index (χ4n) is 2.72. The van der Waals surface area contributed by atoms with Crippen molar-refractivity contribution in [2.75, 3.05) is 31.8 Å². The molecule has 1 aromatic rings. The van der Waals surface area contributed by atoms with E-state index in [0.29, 0.717) is 12.0 Å². The summed E-state index contributed by atoms with van der Waals surface area (Å²) in [5.74, 6) is 2.55. The monoisotopic (exact) mass is 346 g/mol. The van der Waals surface area contributed by atoms with E-state index in [9.17, 15) is 0 Å². The summed E-state index contributed by atoms with van der Waals surface area (Å²) < 4.78 is 12.2. The summed E-state index contributed by atoms with van der Waals surface area (Å²) in [6.45, 7) is 2.63. The Balaban J connectivity index is 1.89. The number of methoxy groups -OCH3 is 1. The van der Waals surface area contributed by atoms with Gasteiger partial charge in [-0.05, 0) is 35.1 Å². The number of aromatic nitrogens is 1. The zero-order valence-electron chi connectivity index (χ0n) is 9.73. The Labute approximate surface area is 114 Å². The van der Waals surface area contributed by atoms with Crippen LogP contribution in [0.1, 0.15) is 6.42 Å². The number of pyridine rings is 1. The van der Waals surface area contributed by atoms with Crippen molar-refractivity contribution >= 4 is 28.4 Å². The highest BCUT2D eigenvalue weighted by Crippen LogP contribution is 2.40. The molecule has 0 N–H and O–H groups in total. The van der Waals surface area contributed by atoms with E-state index in [0.717, 1.165) is 41.3 Å². The molecule has 2 aliphatic heterocycles. The molecule has 92 valence electrons. The van der Waals surface area contributed by atoms with Gasteiger partial charge in [0.05, 0.1) is 16.2 Å². The van der Waals surface area contributed by atoms with Gasteiger partial charge in [-0.1, -0.05) is 0 Å². The van der Waals surface area contributed by atoms with Gasteiger partial charge in [0.25, 0.3) is 0 Å². The van der Waals surface area contributed by atoms with Crippen molar-refractivity contribution in [1.82, 2.24) is 4.98 Å². The minimum Gasteiger partial charge on any atom is -0.486 e. The zero-order chi connectivity index (χ0) is 11.8. The topological polar surface area (TPSA) is 34.6 Å². The number of rotatable bonds is 2. The Morgan fingerprint density at radius 2 is 2.53 bits per heavy atom. The highest BCUT2D eigenvalue weighted by Gasteiger charge is 2.38. The summed E-state index contributed by atoms with van der Waals surface area (Å²) in [5.41, 5.74) is 0. The van der Waals surface area contributed by atoms with E-state index in [1.165, 1.54) is 0 Å². The van der Waals surface area contributed by atoms with Gasteiger partial charge in [0.2, 0.25) is 0 Å². The van der Waals surface area contributed by atoms with Crippen LogP contribution in [0.5, 0.6) is 5.75 Å². The third-order valence-corrected chi connectivity index (χ3v) is 4.28. The van der Waals surface area contributed by atoms with Crippen LogP contribution in [0.3, 0.4) is 0 Å². The molecule has 1 aromatic heterocycles. The Kier molecular flexibility index (Phi) is 3.12. The van der Waals surface area contributed by atoms with Crippen molar-refractivity contribution in [2.45, 2.75) is 12.5 Å². The first kappa shape index (κ1) is 11.5. The van der Waals surface area contributed by atoms with Crippen molar-refractivity contribution in [3.05, 3.63) is 15.8 Å². The summed E-state index contributed by atoms with van der Waals surface area (Å²) in [4.78, 5) is 6.85. The molecule has 17 heavy (non-hydrogen) atoms. The molecule has 0 amide bonds. The van der Waals surface area contributed by atoms with E-state index < -0.39 is 0 Å². The van der Waals surface area contributed by atoms with Crippen molar-refractivity contribution in [3.8, 4) is 5.75 Å². The summed E-state index contributed by atoms with van der Waals surface area (Å²) in [5, 5.41) is 0. The van der Waals surface area contributed by atoms with Crippen molar-refractivity contribution in [2.24, 2.45) is 5.92 Å². The minimum absolute atomic E-state index is 0.466. The van der Waals surface area contributed by atoms with Gasteiger partial charge in [-0.25, -0.2) is 4.98 Å². The predicted molar refractivity (Wildman–Crippen MR) is 73.6 cm³/mol. The summed E-state index contributed by atoms with van der Waals surface area (Å²) in [6.07, 6.45) is 3.00. The quantitative estimate of drug-likeness (QED) is 0.767. The number of hydrogen-bond acceptors (Lipinski definition) is 4. The van der Waals surface area contributed by atoms with E-state index >= 15 is 0 Å². The first-order valence-electron chi connectivity index (χ1n) is 5.82. The van der Waals surface area contributed by atoms with Crippen LogP contribution in [0.2, 0.25) is 0 Å². The van der Waals surface area contributed by atoms with Crippen LogP contribution in [0.15, 0.2) is 12.3 Å². The average molecular weight is 346 g/mol. The number of anilines is 1. The van der Waals surface area contributed by atoms with Crippen molar-refractivity contribution in [1.29, 1.82) is 0 Å². The number of nitrogens with zero attached hydrogens (tertiary/aromatic N) is 2. The number of halogens is 1. The lowest BCUT2D eigenvalue weighted by molar-refractivity contribution is 0.157. The van der Waals surface area contributed by atoms with E-state index in [1.807, 2.05) is 12.3 Å². The maximum Gasteiger partial charge on any atom is 0.175 e. The molecule has 2 unspecified atom stereocenters. The molecular weight excluding hydrogens is 331 g/mol. The van der Waals surface area contributed by atoms with Gasteiger partial charge in [0.1, 0.15) is 6.61 Å². The maximum absolute atomic E-state index is 5.84. The standard InChI is InChI=1S/C12H15IN2O2/c1-16-6-8-4-9-7-17-11-10(13)2-3-14-12(11)15(9)5-8/h2-3,8-9H,4-7H2,1H3. The Morgan fingerprint density at radius 3 is 3.35 bits per heavy atom. The fraction of sp³-hybridized carbons (Fsp3) is 0.583. The van der Waals surface area contributed by atoms with Crippen LogP contribution in [0, 0.1) is 9.49 Å². The summed E-state index contributed by atoms with van der Waals surface area (Å²) in [6, 6.07) is 2.45. The molecule has 5 heteroatoms. The predicted octanol–water partition coefficient (Wildman–Crippen LogP) is 1.92. The van der Waals surface area contributed by atoms with E-state index in [4.69, 9.17) is 9.47 Å². The molecule has 0 radical (unpaired) electrons. The molecule has 1 fully saturated rings. The van der Waals surface area contributed by atoms with Gasteiger partial charge >= 0.3 is 0 Å². The molecule has 0 bridgehead atoms. The molecule has 2 aliphatic rings. The summed E-state index contributed by atoms with van der Waals surface area (Å²) in [7, 11) is 1.77. The van der Waals surface area contributed by atoms with Crippen LogP contribution >= 0.6 is 22.6 Å². The largest absolute Gasteiger partial charge is 0.486 e. The second-order valence-corrected chi connectivity index (χ2v) is 5.78. The average Bonchev–Trinajstić information content (AvgIpc) is 2.73. The van der Waals surface area contributed by atoms with Crippen LogP contribution in [-0.2, 0) is 4.74 Å². The fourth-order valence-corrected chi connectivity index (χ4v) is 3.28. The molecule has 0 aliphatic carbocycles. The number of ether oxygens (including phenoxy) is 2. The molecule has 0 aromatic carbocycles. The molecule has 0 spiro atoms. The minimum atomic E-state index is 0.466. The molecule has 3 heterocycles. The third-order valence-electron chi connectivity index (χ3n) is 3.43. The normalized spacial score (nSPS) is 26.4. The van der Waals surface area contributed by atoms with Gasteiger partial charge in [0.15, 0.2) is 11.6 Å². The Hall–Kier alpha value is -0.560. The number of hydrogen-bond donors (Lipinski definition) is 0. The molecule has 0 saturated carbocycles. The SMILES string of the molecule is COCC1CC2COc3c(I)ccnc3N2C1. The van der Waals surface area contributed by atoms with Crippen molar-refractivity contribution < 1.29 is 9.47 Å². The lowest BCUT2D eigenvalue weighted by atomic mass is 10.1. The van der Waals surface area contributed by atoms with Gasteiger partial charge in [-0.3, -0.25) is 0 Å². The van der Waals surface area contributed by atoms with Gasteiger partial charge < -0.3 is 14.4 Å². The van der Waals surface area contributed by atoms with E-state index in [1.54, 1.807) is 7.11 Å². The summed E-state index contributed by atoms with van der Waals surface area (Å²) >= 11 is 2.30. The molecule has 1 saturated heterocycles. The molecular formula is C12H15IN2O2. The second-order valence-electron chi connectivity index (χ2n) is 4.62. The highest BCUT2D eigenvalue weighted by molar-refractivity contribution is 14.1. The van der Waals surface area contributed by atoms with Crippen LogP contribution < -0.4 is 9.64 Å². The van der Waals surface area contributed by atoms with Crippen LogP contribution in [0.25, 0.3) is 0 Å². The van der Waals surface area contributed by atoms with E-state index in [2.05, 4.69) is 32.5 Å². The molecule has 2 atom stereocenters. The number of fused-ring (bicyclic) bond motifs is 3. The van der Waals surface area contributed by atoms with Crippen molar-refractivity contribution in [3.63, 3.8) is 0 Å². The Bertz CT molecular complexity index is 427. The first-order valence-corrected chi connectivity index (χ1v) is 6.90. The van der Waals surface area contributed by atoms with E-state index in [-0.39, 0.29) is 0 Å². The molecule has 3 rings (SSSR count). The maximum atomic E-state index is 5.84. The second kappa shape index (κ2) is 4.61. The van der Waals surface area contributed by atoms with Gasteiger partial charge in [-0.2, -0.15) is 0 Å². The lowest BCUT2D eigenvalue weighted by Crippen LogP contribution is -2.39. The van der Waals surface area contributed by atoms with Crippen LogP contribution in [-0.4, -0.2) is 37.9 Å². The van der Waals surface area contributed by atoms with Gasteiger partial charge in [-0.15, -0.1) is 0 Å². The smallest absolute Gasteiger partial charge is 0.175 e. The lowest BCUT2D eigenvalue weighted by Gasteiger charge is -2.32.